The number of hydrogen-bond acceptors (Lipinski definition) is 6. The van der Waals surface area contributed by atoms with Crippen molar-refractivity contribution in [2.45, 2.75) is 0 Å². The van der Waals surface area contributed by atoms with Gasteiger partial charge in [0.1, 0.15) is 17.5 Å². The second-order valence-electron chi connectivity index (χ2n) is 2.70. The predicted octanol–water partition coefficient (Wildman–Crippen LogP) is -1.21. The number of nitrogens with two attached hydrogens (primary N) is 2. The van der Waals surface area contributed by atoms with E-state index in [1.165, 1.54) is 12.4 Å². The van der Waals surface area contributed by atoms with Gasteiger partial charge in [0.15, 0.2) is 0 Å². The molecule has 5 N–H and O–H groups in total. The molecule has 0 spiro atoms. The highest BCUT2D eigenvalue weighted by Crippen LogP contribution is 2.23. The summed E-state index contributed by atoms with van der Waals surface area (Å²) in [4.78, 5) is 18.6. The van der Waals surface area contributed by atoms with Gasteiger partial charge in [-0.05, 0) is 0 Å². The number of aromatic nitrogens is 3. The van der Waals surface area contributed by atoms with E-state index in [0.29, 0.717) is 4.68 Å². The van der Waals surface area contributed by atoms with E-state index in [1.54, 1.807) is 0 Å². The Morgan fingerprint density at radius 2 is 2.14 bits per heavy atom. The van der Waals surface area contributed by atoms with Crippen LogP contribution in [0.25, 0.3) is 10.9 Å². The van der Waals surface area contributed by atoms with Gasteiger partial charge < -0.3 is 16.7 Å². The first-order valence-corrected chi connectivity index (χ1v) is 3.71. The smallest absolute Gasteiger partial charge is 0.273 e. The van der Waals surface area contributed by atoms with Crippen LogP contribution in [0.4, 0.5) is 5.82 Å². The summed E-state index contributed by atoms with van der Waals surface area (Å²) >= 11 is 0. The van der Waals surface area contributed by atoms with E-state index < -0.39 is 11.4 Å². The molecule has 0 bridgehead atoms. The summed E-state index contributed by atoms with van der Waals surface area (Å²) in [5.74, 6) is 4.90. The van der Waals surface area contributed by atoms with E-state index >= 15 is 0 Å². The van der Waals surface area contributed by atoms with Crippen molar-refractivity contribution in [1.29, 1.82) is 0 Å². The monoisotopic (exact) mass is 193 g/mol. The van der Waals surface area contributed by atoms with Crippen molar-refractivity contribution in [2.24, 2.45) is 0 Å². The Morgan fingerprint density at radius 1 is 1.43 bits per heavy atom. The molecule has 0 radical (unpaired) electrons. The van der Waals surface area contributed by atoms with E-state index in [1.807, 2.05) is 0 Å². The Labute approximate surface area is 77.6 Å². The zero-order chi connectivity index (χ0) is 10.3. The highest BCUT2D eigenvalue weighted by atomic mass is 16.3. The van der Waals surface area contributed by atoms with Crippen LogP contribution in [-0.2, 0) is 0 Å². The molecule has 7 heteroatoms. The number of nitrogen functional groups attached to an aromatic ring is 2. The number of fused-ring (bicyclic) bond motifs is 1. The number of anilines is 1. The molecule has 2 aromatic heterocycles. The summed E-state index contributed by atoms with van der Waals surface area (Å²) in [5, 5.41) is 9.67. The van der Waals surface area contributed by atoms with E-state index in [-0.39, 0.29) is 16.7 Å². The fraction of sp³-hybridized carbons (Fsp3) is 0. The van der Waals surface area contributed by atoms with Gasteiger partial charge in [-0.15, -0.1) is 0 Å². The third-order valence-electron chi connectivity index (χ3n) is 1.86. The Kier molecular flexibility index (Phi) is 1.53. The zero-order valence-corrected chi connectivity index (χ0v) is 7.01. The molecule has 0 aromatic carbocycles. The van der Waals surface area contributed by atoms with Crippen LogP contribution in [0.3, 0.4) is 0 Å². The predicted molar refractivity (Wildman–Crippen MR) is 50.0 cm³/mol. The van der Waals surface area contributed by atoms with Gasteiger partial charge in [-0.3, -0.25) is 4.79 Å². The standard InChI is InChI=1S/C7H7N5O2/c8-6-5-3(10-2-11-6)1-4(13)12(9)7(5)14/h1-2,14H,9H2,(H2,8,10,11). The lowest BCUT2D eigenvalue weighted by atomic mass is 10.3. The van der Waals surface area contributed by atoms with Gasteiger partial charge in [-0.25, -0.2) is 9.97 Å². The lowest BCUT2D eigenvalue weighted by Gasteiger charge is -2.05. The molecule has 7 nitrogen and oxygen atoms in total. The fourth-order valence-corrected chi connectivity index (χ4v) is 1.16. The topological polar surface area (TPSA) is 120 Å². The summed E-state index contributed by atoms with van der Waals surface area (Å²) in [6.45, 7) is 0. The molecule has 14 heavy (non-hydrogen) atoms. The van der Waals surface area contributed by atoms with Crippen LogP contribution in [0.15, 0.2) is 17.2 Å². The summed E-state index contributed by atoms with van der Waals surface area (Å²) in [5.41, 5.74) is 5.20. The summed E-state index contributed by atoms with van der Waals surface area (Å²) < 4.78 is 0.585. The van der Waals surface area contributed by atoms with Crippen molar-refractivity contribution in [3.63, 3.8) is 0 Å². The van der Waals surface area contributed by atoms with Crippen LogP contribution < -0.4 is 17.1 Å². The maximum atomic E-state index is 11.1. The van der Waals surface area contributed by atoms with Crippen LogP contribution in [0.2, 0.25) is 0 Å². The van der Waals surface area contributed by atoms with Crippen molar-refractivity contribution in [3.8, 4) is 5.88 Å². The minimum Gasteiger partial charge on any atom is -0.493 e. The molecule has 72 valence electrons. The molecule has 0 unspecified atom stereocenters. The molecule has 0 saturated heterocycles. The minimum absolute atomic E-state index is 0.0756. The maximum absolute atomic E-state index is 11.1. The van der Waals surface area contributed by atoms with Gasteiger partial charge in [0.05, 0.1) is 5.52 Å². The third-order valence-corrected chi connectivity index (χ3v) is 1.86. The molecule has 0 fully saturated rings. The summed E-state index contributed by atoms with van der Waals surface area (Å²) in [7, 11) is 0. The molecule has 0 aliphatic carbocycles. The fourth-order valence-electron chi connectivity index (χ4n) is 1.16. The van der Waals surface area contributed by atoms with Gasteiger partial charge in [-0.2, -0.15) is 4.68 Å². The summed E-state index contributed by atoms with van der Waals surface area (Å²) in [6, 6.07) is 1.17. The van der Waals surface area contributed by atoms with Gasteiger partial charge in [0.2, 0.25) is 5.88 Å². The summed E-state index contributed by atoms with van der Waals surface area (Å²) in [6.07, 6.45) is 1.21. The lowest BCUT2D eigenvalue weighted by Crippen LogP contribution is -2.26. The highest BCUT2D eigenvalue weighted by molar-refractivity contribution is 5.91. The lowest BCUT2D eigenvalue weighted by molar-refractivity contribution is 0.437. The van der Waals surface area contributed by atoms with Gasteiger partial charge >= 0.3 is 0 Å². The second-order valence-corrected chi connectivity index (χ2v) is 2.70. The second kappa shape index (κ2) is 2.59. The Balaban J connectivity index is 3.07. The Bertz CT molecular complexity index is 562. The van der Waals surface area contributed by atoms with Crippen molar-refractivity contribution >= 4 is 16.7 Å². The quantitative estimate of drug-likeness (QED) is 0.451. The molecule has 0 amide bonds. The average molecular weight is 193 g/mol. The van der Waals surface area contributed by atoms with E-state index in [4.69, 9.17) is 11.6 Å². The van der Waals surface area contributed by atoms with Crippen LogP contribution in [0, 0.1) is 0 Å². The van der Waals surface area contributed by atoms with Crippen molar-refractivity contribution in [1.82, 2.24) is 14.6 Å². The van der Waals surface area contributed by atoms with Crippen LogP contribution in [-0.4, -0.2) is 19.8 Å². The van der Waals surface area contributed by atoms with Crippen molar-refractivity contribution < 1.29 is 5.11 Å². The Hall–Kier alpha value is -2.31. The highest BCUT2D eigenvalue weighted by Gasteiger charge is 2.10. The van der Waals surface area contributed by atoms with Gasteiger partial charge in [0, 0.05) is 6.07 Å². The molecule has 0 atom stereocenters. The van der Waals surface area contributed by atoms with Crippen molar-refractivity contribution in [3.05, 3.63) is 22.7 Å². The van der Waals surface area contributed by atoms with E-state index in [2.05, 4.69) is 9.97 Å². The number of rotatable bonds is 0. The molecule has 2 aromatic rings. The first-order valence-electron chi connectivity index (χ1n) is 3.71. The first-order chi connectivity index (χ1) is 6.61. The molecule has 0 aliphatic heterocycles. The number of hydrogen-bond donors (Lipinski definition) is 3. The maximum Gasteiger partial charge on any atom is 0.273 e. The zero-order valence-electron chi connectivity index (χ0n) is 7.01. The Morgan fingerprint density at radius 3 is 2.86 bits per heavy atom. The SMILES string of the molecule is Nc1ncnc2cc(=O)n(N)c(O)c12. The molecular weight excluding hydrogens is 186 g/mol. The first kappa shape index (κ1) is 8.30. The average Bonchev–Trinajstić information content (AvgIpc) is 2.14. The van der Waals surface area contributed by atoms with Crippen LogP contribution in [0.5, 0.6) is 5.88 Å². The van der Waals surface area contributed by atoms with E-state index in [0.717, 1.165) is 0 Å². The molecule has 2 rings (SSSR count). The number of pyridine rings is 1. The largest absolute Gasteiger partial charge is 0.493 e. The molecule has 0 aliphatic rings. The van der Waals surface area contributed by atoms with Gasteiger partial charge in [0.25, 0.3) is 5.56 Å². The van der Waals surface area contributed by atoms with E-state index in [9.17, 15) is 9.90 Å². The molecule has 2 heterocycles. The van der Waals surface area contributed by atoms with Crippen LogP contribution >= 0.6 is 0 Å². The van der Waals surface area contributed by atoms with Crippen LogP contribution in [0.1, 0.15) is 0 Å². The van der Waals surface area contributed by atoms with Gasteiger partial charge in [-0.1, -0.05) is 0 Å². The third kappa shape index (κ3) is 0.954. The molecular formula is C7H7N5O2. The number of aromatic hydroxyl groups is 1. The normalized spacial score (nSPS) is 10.6. The minimum atomic E-state index is -0.562. The molecule has 0 saturated carbocycles. The number of nitrogens with zero attached hydrogens (tertiary/aromatic N) is 3. The van der Waals surface area contributed by atoms with Crippen molar-refractivity contribution in [2.75, 3.05) is 11.6 Å².